The van der Waals surface area contributed by atoms with Gasteiger partial charge in [-0.2, -0.15) is 8.78 Å². The van der Waals surface area contributed by atoms with E-state index in [1.165, 1.54) is 11.1 Å². The summed E-state index contributed by atoms with van der Waals surface area (Å²) in [5, 5.41) is 3.84. The topological polar surface area (TPSA) is 15.3 Å². The Balaban J connectivity index is 2.00. The fourth-order valence-corrected chi connectivity index (χ4v) is 3.13. The van der Waals surface area contributed by atoms with Crippen molar-refractivity contribution in [3.05, 3.63) is 59.7 Å². The molecular weight excluding hydrogens is 358 g/mol. The van der Waals surface area contributed by atoms with Gasteiger partial charge in [0.15, 0.2) is 5.11 Å². The molecule has 0 aliphatic rings. The second-order valence-corrected chi connectivity index (χ2v) is 7.19. The van der Waals surface area contributed by atoms with Crippen molar-refractivity contribution in [3.8, 4) is 0 Å². The summed E-state index contributed by atoms with van der Waals surface area (Å²) in [5.74, 6) is -2.41. The van der Waals surface area contributed by atoms with Crippen LogP contribution in [0.2, 0.25) is 0 Å². The summed E-state index contributed by atoms with van der Waals surface area (Å²) in [4.78, 5) is 2.65. The highest BCUT2D eigenvalue weighted by Crippen LogP contribution is 2.26. The van der Waals surface area contributed by atoms with Gasteiger partial charge in [0, 0.05) is 23.7 Å². The largest absolute Gasteiger partial charge is 0.345 e. The molecular formula is C19H22F2N2S2. The maximum Gasteiger partial charge on any atom is 0.288 e. The molecule has 2 aromatic carbocycles. The van der Waals surface area contributed by atoms with Crippen molar-refractivity contribution in [2.45, 2.75) is 37.5 Å². The minimum Gasteiger partial charge on any atom is -0.345 e. The van der Waals surface area contributed by atoms with Crippen LogP contribution >= 0.6 is 24.0 Å². The number of halogens is 2. The number of nitrogens with zero attached hydrogens (tertiary/aromatic N) is 1. The Morgan fingerprint density at radius 1 is 1.12 bits per heavy atom. The molecule has 0 fully saturated rings. The van der Waals surface area contributed by atoms with Gasteiger partial charge in [-0.25, -0.2) is 0 Å². The maximum absolute atomic E-state index is 12.4. The lowest BCUT2D eigenvalue weighted by Gasteiger charge is -2.25. The van der Waals surface area contributed by atoms with Gasteiger partial charge in [0.1, 0.15) is 0 Å². The summed E-state index contributed by atoms with van der Waals surface area (Å²) < 4.78 is 24.7. The van der Waals surface area contributed by atoms with Gasteiger partial charge in [-0.05, 0) is 55.4 Å². The lowest BCUT2D eigenvalue weighted by atomic mass is 10.1. The van der Waals surface area contributed by atoms with Crippen molar-refractivity contribution >= 4 is 34.8 Å². The fourth-order valence-electron chi connectivity index (χ4n) is 2.36. The van der Waals surface area contributed by atoms with Gasteiger partial charge in [-0.1, -0.05) is 48.5 Å². The number of thiocarbonyl (C=S) groups is 1. The van der Waals surface area contributed by atoms with Gasteiger partial charge in [0.2, 0.25) is 0 Å². The molecule has 0 bridgehead atoms. The van der Waals surface area contributed by atoms with Crippen LogP contribution in [0, 0.1) is 6.92 Å². The van der Waals surface area contributed by atoms with Crippen molar-refractivity contribution in [2.75, 3.05) is 11.9 Å². The van der Waals surface area contributed by atoms with Crippen LogP contribution in [0.3, 0.4) is 0 Å². The Bertz CT molecular complexity index is 673. The molecule has 0 aromatic heterocycles. The Labute approximate surface area is 157 Å². The highest BCUT2D eigenvalue weighted by atomic mass is 32.2. The van der Waals surface area contributed by atoms with Crippen molar-refractivity contribution < 1.29 is 8.78 Å². The number of hydrogen-bond acceptors (Lipinski definition) is 2. The summed E-state index contributed by atoms with van der Waals surface area (Å²) in [6, 6.07) is 15.3. The number of thioether (sulfide) groups is 1. The average Bonchev–Trinajstić information content (AvgIpc) is 2.57. The zero-order valence-electron chi connectivity index (χ0n) is 14.3. The molecule has 134 valence electrons. The average molecular weight is 381 g/mol. The first-order chi connectivity index (χ1) is 12.0. The van der Waals surface area contributed by atoms with Gasteiger partial charge in [0.25, 0.3) is 5.76 Å². The van der Waals surface area contributed by atoms with E-state index in [-0.39, 0.29) is 0 Å². The molecule has 25 heavy (non-hydrogen) atoms. The van der Waals surface area contributed by atoms with Crippen molar-refractivity contribution in [1.82, 2.24) is 4.90 Å². The molecule has 0 radical (unpaired) electrons. The highest BCUT2D eigenvalue weighted by molar-refractivity contribution is 7.99. The second kappa shape index (κ2) is 9.73. The fraction of sp³-hybridized carbons (Fsp3) is 0.316. The summed E-state index contributed by atoms with van der Waals surface area (Å²) >= 11 is 6.08. The van der Waals surface area contributed by atoms with Gasteiger partial charge in [0.05, 0.1) is 0 Å². The lowest BCUT2D eigenvalue weighted by Crippen LogP contribution is -2.34. The Morgan fingerprint density at radius 3 is 2.32 bits per heavy atom. The zero-order chi connectivity index (χ0) is 18.2. The van der Waals surface area contributed by atoms with Gasteiger partial charge in [-0.3, -0.25) is 0 Å². The first kappa shape index (κ1) is 19.7. The van der Waals surface area contributed by atoms with Crippen LogP contribution in [0.1, 0.15) is 24.5 Å². The molecule has 2 rings (SSSR count). The maximum atomic E-state index is 12.4. The summed E-state index contributed by atoms with van der Waals surface area (Å²) in [6.07, 6.45) is 0.984. The zero-order valence-corrected chi connectivity index (χ0v) is 16.0. The highest BCUT2D eigenvalue weighted by Gasteiger charge is 2.10. The van der Waals surface area contributed by atoms with Crippen LogP contribution in [-0.4, -0.2) is 22.3 Å². The standard InChI is InChI=1S/C19H22F2N2S2/c1-3-12-23(13-15-6-4-14(2)5-7-15)19(24)22-16-8-10-17(11-9-16)25-18(20)21/h4-11,18H,3,12-13H2,1-2H3,(H,22,24). The number of hydrogen-bond donors (Lipinski definition) is 1. The van der Waals surface area contributed by atoms with E-state index in [0.717, 1.165) is 25.2 Å². The molecule has 0 heterocycles. The molecule has 2 aromatic rings. The molecule has 1 N–H and O–H groups in total. The third-order valence-electron chi connectivity index (χ3n) is 3.61. The lowest BCUT2D eigenvalue weighted by molar-refractivity contribution is 0.252. The van der Waals surface area contributed by atoms with Crippen LogP contribution in [-0.2, 0) is 6.54 Å². The molecule has 0 aliphatic heterocycles. The predicted molar refractivity (Wildman–Crippen MR) is 106 cm³/mol. The number of rotatable bonds is 7. The van der Waals surface area contributed by atoms with Crippen LogP contribution in [0.5, 0.6) is 0 Å². The first-order valence-corrected chi connectivity index (χ1v) is 9.43. The van der Waals surface area contributed by atoms with E-state index in [9.17, 15) is 8.78 Å². The number of aryl methyl sites for hydroxylation is 1. The molecule has 0 unspecified atom stereocenters. The minimum atomic E-state index is -2.41. The molecule has 0 saturated heterocycles. The summed E-state index contributed by atoms with van der Waals surface area (Å²) in [6.45, 7) is 5.76. The summed E-state index contributed by atoms with van der Waals surface area (Å²) in [7, 11) is 0. The molecule has 0 atom stereocenters. The number of anilines is 1. The molecule has 0 saturated carbocycles. The quantitative estimate of drug-likeness (QED) is 0.473. The van der Waals surface area contributed by atoms with Crippen LogP contribution in [0.4, 0.5) is 14.5 Å². The van der Waals surface area contributed by atoms with E-state index in [1.807, 2.05) is 0 Å². The van der Waals surface area contributed by atoms with E-state index in [0.29, 0.717) is 21.8 Å². The van der Waals surface area contributed by atoms with Crippen LogP contribution < -0.4 is 5.32 Å². The van der Waals surface area contributed by atoms with Gasteiger partial charge >= 0.3 is 0 Å². The van der Waals surface area contributed by atoms with E-state index < -0.39 is 5.76 Å². The third-order valence-corrected chi connectivity index (χ3v) is 4.69. The van der Waals surface area contributed by atoms with Crippen LogP contribution in [0.15, 0.2) is 53.4 Å². The Morgan fingerprint density at radius 2 is 1.76 bits per heavy atom. The predicted octanol–water partition coefficient (Wildman–Crippen LogP) is 5.92. The second-order valence-electron chi connectivity index (χ2n) is 5.74. The minimum absolute atomic E-state index is 0.538. The van der Waals surface area contributed by atoms with Gasteiger partial charge < -0.3 is 10.2 Å². The number of alkyl halides is 2. The van der Waals surface area contributed by atoms with E-state index in [4.69, 9.17) is 12.2 Å². The molecule has 0 aliphatic carbocycles. The van der Waals surface area contributed by atoms with Crippen molar-refractivity contribution in [1.29, 1.82) is 0 Å². The monoisotopic (exact) mass is 380 g/mol. The summed E-state index contributed by atoms with van der Waals surface area (Å²) in [5.41, 5.74) is 3.23. The third kappa shape index (κ3) is 6.63. The first-order valence-electron chi connectivity index (χ1n) is 8.14. The Hall–Kier alpha value is -1.66. The van der Waals surface area contributed by atoms with Crippen molar-refractivity contribution in [2.24, 2.45) is 0 Å². The smallest absolute Gasteiger partial charge is 0.288 e. The van der Waals surface area contributed by atoms with E-state index in [2.05, 4.69) is 48.3 Å². The molecule has 6 heteroatoms. The molecule has 0 amide bonds. The molecule has 0 spiro atoms. The van der Waals surface area contributed by atoms with Crippen LogP contribution in [0.25, 0.3) is 0 Å². The SMILES string of the molecule is CCCN(Cc1ccc(C)cc1)C(=S)Nc1ccc(SC(F)F)cc1. The van der Waals surface area contributed by atoms with Gasteiger partial charge in [-0.15, -0.1) is 0 Å². The Kier molecular flexibility index (Phi) is 7.65. The van der Waals surface area contributed by atoms with E-state index >= 15 is 0 Å². The molecule has 2 nitrogen and oxygen atoms in total. The van der Waals surface area contributed by atoms with E-state index in [1.54, 1.807) is 24.3 Å². The normalized spacial score (nSPS) is 10.8. The number of benzene rings is 2. The number of nitrogens with one attached hydrogen (secondary N) is 1. The van der Waals surface area contributed by atoms with Crippen molar-refractivity contribution in [3.63, 3.8) is 0 Å².